The molecular weight excluding hydrogens is 214 g/mol. The average molecular weight is 239 g/mol. The molecule has 17 heavy (non-hydrogen) atoms. The smallest absolute Gasteiger partial charge is 0.101 e. The van der Waals surface area contributed by atoms with Crippen molar-refractivity contribution in [3.8, 4) is 6.07 Å². The van der Waals surface area contributed by atoms with Crippen LogP contribution >= 0.6 is 0 Å². The van der Waals surface area contributed by atoms with Gasteiger partial charge in [-0.05, 0) is 45.2 Å². The molecule has 1 aliphatic rings. The van der Waals surface area contributed by atoms with Crippen molar-refractivity contribution < 1.29 is 4.74 Å². The molecule has 0 saturated carbocycles. The number of rotatable bonds is 5. The van der Waals surface area contributed by atoms with Crippen LogP contribution in [0.3, 0.4) is 0 Å². The van der Waals surface area contributed by atoms with Crippen molar-refractivity contribution >= 4 is 0 Å². The van der Waals surface area contributed by atoms with Crippen molar-refractivity contribution in [1.29, 1.82) is 5.26 Å². The van der Waals surface area contributed by atoms with Gasteiger partial charge in [0.05, 0.1) is 12.2 Å². The van der Waals surface area contributed by atoms with E-state index in [0.717, 1.165) is 32.5 Å². The van der Waals surface area contributed by atoms with E-state index in [1.165, 1.54) is 6.42 Å². The molecule has 0 aromatic heterocycles. The van der Waals surface area contributed by atoms with Gasteiger partial charge in [0, 0.05) is 13.7 Å². The molecule has 0 radical (unpaired) electrons. The zero-order chi connectivity index (χ0) is 12.9. The summed E-state index contributed by atoms with van der Waals surface area (Å²) in [5.41, 5.74) is 5.13. The van der Waals surface area contributed by atoms with E-state index in [0.29, 0.717) is 12.0 Å². The number of likely N-dealkylation sites (tertiary alicyclic amines) is 1. The van der Waals surface area contributed by atoms with Gasteiger partial charge in [0.15, 0.2) is 0 Å². The zero-order valence-electron chi connectivity index (χ0n) is 11.3. The number of hydrogen-bond acceptors (Lipinski definition) is 4. The summed E-state index contributed by atoms with van der Waals surface area (Å²) < 4.78 is 5.48. The van der Waals surface area contributed by atoms with Gasteiger partial charge in [0.25, 0.3) is 0 Å². The summed E-state index contributed by atoms with van der Waals surface area (Å²) in [6.45, 7) is 7.20. The monoisotopic (exact) mass is 239 g/mol. The van der Waals surface area contributed by atoms with Crippen LogP contribution in [0, 0.1) is 17.2 Å². The van der Waals surface area contributed by atoms with E-state index in [1.54, 1.807) is 14.0 Å². The third kappa shape index (κ3) is 4.63. The summed E-state index contributed by atoms with van der Waals surface area (Å²) in [6, 6.07) is 2.14. The molecule has 0 aliphatic carbocycles. The maximum atomic E-state index is 8.84. The van der Waals surface area contributed by atoms with Crippen LogP contribution in [0.25, 0.3) is 0 Å². The quantitative estimate of drug-likeness (QED) is 0.787. The molecule has 1 saturated heterocycles. The first-order valence-electron chi connectivity index (χ1n) is 6.44. The second-order valence-corrected chi connectivity index (χ2v) is 5.47. The number of nitrogens with zero attached hydrogens (tertiary/aromatic N) is 2. The van der Waals surface area contributed by atoms with Crippen LogP contribution < -0.4 is 5.73 Å². The summed E-state index contributed by atoms with van der Waals surface area (Å²) in [7, 11) is 1.79. The number of methoxy groups -OCH3 is 1. The van der Waals surface area contributed by atoms with E-state index in [2.05, 4.69) is 17.9 Å². The molecule has 3 unspecified atom stereocenters. The van der Waals surface area contributed by atoms with Gasteiger partial charge in [-0.1, -0.05) is 6.92 Å². The standard InChI is InChI=1S/C13H25N3O/c1-11-5-8-16(9-12(11)17-3)7-4-6-13(2,15)10-14/h11-12H,4-9,15H2,1-3H3. The Bertz CT molecular complexity index is 272. The zero-order valence-corrected chi connectivity index (χ0v) is 11.3. The van der Waals surface area contributed by atoms with Crippen LogP contribution in [0.2, 0.25) is 0 Å². The maximum absolute atomic E-state index is 8.84. The highest BCUT2D eigenvalue weighted by molar-refractivity contribution is 5.00. The lowest BCUT2D eigenvalue weighted by atomic mass is 9.94. The maximum Gasteiger partial charge on any atom is 0.101 e. The van der Waals surface area contributed by atoms with E-state index >= 15 is 0 Å². The van der Waals surface area contributed by atoms with Gasteiger partial charge >= 0.3 is 0 Å². The van der Waals surface area contributed by atoms with Gasteiger partial charge < -0.3 is 15.4 Å². The van der Waals surface area contributed by atoms with Crippen LogP contribution in [0.5, 0.6) is 0 Å². The Balaban J connectivity index is 2.27. The molecule has 0 aromatic rings. The minimum atomic E-state index is -0.677. The molecule has 1 heterocycles. The van der Waals surface area contributed by atoms with Gasteiger partial charge in [-0.25, -0.2) is 0 Å². The van der Waals surface area contributed by atoms with E-state index in [9.17, 15) is 0 Å². The topological polar surface area (TPSA) is 62.3 Å². The normalized spacial score (nSPS) is 29.6. The molecule has 2 N–H and O–H groups in total. The first kappa shape index (κ1) is 14.4. The average Bonchev–Trinajstić information content (AvgIpc) is 2.31. The minimum Gasteiger partial charge on any atom is -0.380 e. The molecule has 1 rings (SSSR count). The lowest BCUT2D eigenvalue weighted by Gasteiger charge is -2.36. The molecule has 0 aromatic carbocycles. The molecule has 0 bridgehead atoms. The molecule has 1 fully saturated rings. The van der Waals surface area contributed by atoms with Crippen LogP contribution in [0.1, 0.15) is 33.1 Å². The number of ether oxygens (including phenoxy) is 1. The first-order valence-corrected chi connectivity index (χ1v) is 6.44. The number of nitrogens with two attached hydrogens (primary N) is 1. The summed E-state index contributed by atoms with van der Waals surface area (Å²) >= 11 is 0. The third-order valence-corrected chi connectivity index (χ3v) is 3.70. The van der Waals surface area contributed by atoms with E-state index in [1.807, 2.05) is 0 Å². The van der Waals surface area contributed by atoms with Crippen LogP contribution in [-0.2, 0) is 4.74 Å². The van der Waals surface area contributed by atoms with E-state index in [-0.39, 0.29) is 0 Å². The molecule has 0 spiro atoms. The number of piperidine rings is 1. The summed E-state index contributed by atoms with van der Waals surface area (Å²) in [4.78, 5) is 2.42. The van der Waals surface area contributed by atoms with Crippen molar-refractivity contribution in [2.24, 2.45) is 11.7 Å². The second-order valence-electron chi connectivity index (χ2n) is 5.47. The van der Waals surface area contributed by atoms with Gasteiger partial charge in [-0.3, -0.25) is 0 Å². The lowest BCUT2D eigenvalue weighted by molar-refractivity contribution is -0.00543. The predicted octanol–water partition coefficient (Wildman–Crippen LogP) is 1.36. The molecule has 3 atom stereocenters. The molecule has 4 heteroatoms. The second kappa shape index (κ2) is 6.34. The van der Waals surface area contributed by atoms with Gasteiger partial charge in [-0.2, -0.15) is 5.26 Å². The molecule has 1 aliphatic heterocycles. The predicted molar refractivity (Wildman–Crippen MR) is 68.5 cm³/mol. The van der Waals surface area contributed by atoms with Crippen LogP contribution in [-0.4, -0.2) is 43.3 Å². The Labute approximate surface area is 105 Å². The van der Waals surface area contributed by atoms with Crippen molar-refractivity contribution in [3.63, 3.8) is 0 Å². The third-order valence-electron chi connectivity index (χ3n) is 3.70. The highest BCUT2D eigenvalue weighted by Gasteiger charge is 2.26. The lowest BCUT2D eigenvalue weighted by Crippen LogP contribution is -2.44. The van der Waals surface area contributed by atoms with Crippen molar-refractivity contribution in [2.75, 3.05) is 26.7 Å². The van der Waals surface area contributed by atoms with Crippen molar-refractivity contribution in [2.45, 2.75) is 44.8 Å². The summed E-state index contributed by atoms with van der Waals surface area (Å²) in [6.07, 6.45) is 3.28. The molecule has 0 amide bonds. The molecular formula is C13H25N3O. The Morgan fingerprint density at radius 1 is 1.59 bits per heavy atom. The van der Waals surface area contributed by atoms with Crippen LogP contribution in [0.15, 0.2) is 0 Å². The highest BCUT2D eigenvalue weighted by Crippen LogP contribution is 2.20. The first-order chi connectivity index (χ1) is 7.98. The summed E-state index contributed by atoms with van der Waals surface area (Å²) in [5.74, 6) is 0.648. The Morgan fingerprint density at radius 2 is 2.29 bits per heavy atom. The van der Waals surface area contributed by atoms with E-state index < -0.39 is 5.54 Å². The Hall–Kier alpha value is -0.630. The summed E-state index contributed by atoms with van der Waals surface area (Å²) in [5, 5.41) is 8.84. The van der Waals surface area contributed by atoms with Crippen LogP contribution in [0.4, 0.5) is 0 Å². The Kier molecular flexibility index (Phi) is 5.38. The SMILES string of the molecule is COC1CN(CCCC(C)(N)C#N)CCC1C. The fourth-order valence-electron chi connectivity index (χ4n) is 2.33. The largest absolute Gasteiger partial charge is 0.380 e. The molecule has 4 nitrogen and oxygen atoms in total. The number of nitriles is 1. The van der Waals surface area contributed by atoms with Gasteiger partial charge in [-0.15, -0.1) is 0 Å². The van der Waals surface area contributed by atoms with Crippen molar-refractivity contribution in [1.82, 2.24) is 4.90 Å². The number of hydrogen-bond donors (Lipinski definition) is 1. The minimum absolute atomic E-state index is 0.351. The van der Waals surface area contributed by atoms with E-state index in [4.69, 9.17) is 15.7 Å². The fraction of sp³-hybridized carbons (Fsp3) is 0.923. The molecule has 98 valence electrons. The Morgan fingerprint density at radius 3 is 2.88 bits per heavy atom. The van der Waals surface area contributed by atoms with Gasteiger partial charge in [0.2, 0.25) is 0 Å². The highest BCUT2D eigenvalue weighted by atomic mass is 16.5. The fourth-order valence-corrected chi connectivity index (χ4v) is 2.33. The van der Waals surface area contributed by atoms with Crippen molar-refractivity contribution in [3.05, 3.63) is 0 Å². The van der Waals surface area contributed by atoms with Gasteiger partial charge in [0.1, 0.15) is 5.54 Å².